The van der Waals surface area contributed by atoms with Crippen molar-refractivity contribution >= 4 is 11.0 Å². The van der Waals surface area contributed by atoms with Gasteiger partial charge in [-0.3, -0.25) is 0 Å². The van der Waals surface area contributed by atoms with E-state index in [1.807, 2.05) is 31.3 Å². The zero-order valence-electron chi connectivity index (χ0n) is 10.0. The number of hydrogen-bond donors (Lipinski definition) is 2. The van der Waals surface area contributed by atoms with Crippen LogP contribution in [0.4, 0.5) is 0 Å². The third-order valence-electron chi connectivity index (χ3n) is 2.76. The third-order valence-corrected chi connectivity index (χ3v) is 2.76. The van der Waals surface area contributed by atoms with Gasteiger partial charge < -0.3 is 10.3 Å². The lowest BCUT2D eigenvalue weighted by atomic mass is 10.1. The van der Waals surface area contributed by atoms with E-state index in [4.69, 9.17) is 0 Å². The number of hydrogen-bond acceptors (Lipinski definition) is 4. The normalized spacial score (nSPS) is 10.9. The van der Waals surface area contributed by atoms with E-state index in [0.717, 1.165) is 28.1 Å². The van der Waals surface area contributed by atoms with E-state index in [1.54, 1.807) is 12.5 Å². The van der Waals surface area contributed by atoms with Gasteiger partial charge in [-0.25, -0.2) is 15.0 Å². The first-order valence-corrected chi connectivity index (χ1v) is 5.77. The molecule has 0 spiro atoms. The van der Waals surface area contributed by atoms with Gasteiger partial charge in [0.15, 0.2) is 0 Å². The van der Waals surface area contributed by atoms with Gasteiger partial charge in [0.25, 0.3) is 0 Å². The largest absolute Gasteiger partial charge is 0.345 e. The van der Waals surface area contributed by atoms with Crippen LogP contribution >= 0.6 is 0 Å². The number of nitrogens with zero attached hydrogens (tertiary/aromatic N) is 3. The average Bonchev–Trinajstić information content (AvgIpc) is 2.86. The SMILES string of the molecule is CNCc1nccc(-c2ccc3nc[nH]c3c2)n1. The molecule has 0 fully saturated rings. The number of imidazole rings is 1. The molecule has 0 saturated heterocycles. The molecule has 0 radical (unpaired) electrons. The van der Waals surface area contributed by atoms with E-state index in [-0.39, 0.29) is 0 Å². The van der Waals surface area contributed by atoms with Gasteiger partial charge >= 0.3 is 0 Å². The highest BCUT2D eigenvalue weighted by molar-refractivity contribution is 5.80. The Labute approximate surface area is 104 Å². The van der Waals surface area contributed by atoms with Crippen LogP contribution in [0.1, 0.15) is 5.82 Å². The van der Waals surface area contributed by atoms with Crippen molar-refractivity contribution in [2.45, 2.75) is 6.54 Å². The predicted molar refractivity (Wildman–Crippen MR) is 69.9 cm³/mol. The smallest absolute Gasteiger partial charge is 0.142 e. The summed E-state index contributed by atoms with van der Waals surface area (Å²) in [7, 11) is 1.88. The molecule has 0 bridgehead atoms. The Morgan fingerprint density at radius 1 is 1.22 bits per heavy atom. The molecule has 0 atom stereocenters. The second kappa shape index (κ2) is 4.54. The Hall–Kier alpha value is -2.27. The number of aromatic amines is 1. The van der Waals surface area contributed by atoms with E-state index in [0.29, 0.717) is 6.54 Å². The topological polar surface area (TPSA) is 66.5 Å². The summed E-state index contributed by atoms with van der Waals surface area (Å²) in [6, 6.07) is 7.97. The molecule has 0 saturated carbocycles. The molecular weight excluding hydrogens is 226 g/mol. The Kier molecular flexibility index (Phi) is 2.74. The van der Waals surface area contributed by atoms with Gasteiger partial charge in [-0.05, 0) is 25.2 Å². The van der Waals surface area contributed by atoms with Crippen LogP contribution in [-0.4, -0.2) is 27.0 Å². The lowest BCUT2D eigenvalue weighted by molar-refractivity contribution is 0.759. The van der Waals surface area contributed by atoms with E-state index < -0.39 is 0 Å². The number of benzene rings is 1. The minimum Gasteiger partial charge on any atom is -0.345 e. The highest BCUT2D eigenvalue weighted by Gasteiger charge is 2.04. The quantitative estimate of drug-likeness (QED) is 0.730. The highest BCUT2D eigenvalue weighted by atomic mass is 14.9. The standard InChI is InChI=1S/C13H13N5/c1-14-7-13-15-5-4-10(18-13)9-2-3-11-12(6-9)17-8-16-11/h2-6,8,14H,7H2,1H3,(H,16,17). The molecule has 2 heterocycles. The van der Waals surface area contributed by atoms with Crippen molar-refractivity contribution in [3.63, 3.8) is 0 Å². The first kappa shape index (κ1) is 10.9. The number of H-pyrrole nitrogens is 1. The summed E-state index contributed by atoms with van der Waals surface area (Å²) in [5.41, 5.74) is 3.96. The predicted octanol–water partition coefficient (Wildman–Crippen LogP) is 1.74. The van der Waals surface area contributed by atoms with Crippen LogP contribution in [0.3, 0.4) is 0 Å². The van der Waals surface area contributed by atoms with Gasteiger partial charge in [-0.15, -0.1) is 0 Å². The summed E-state index contributed by atoms with van der Waals surface area (Å²) < 4.78 is 0. The van der Waals surface area contributed by atoms with Crippen molar-refractivity contribution in [1.29, 1.82) is 0 Å². The molecule has 1 aromatic carbocycles. The number of fused-ring (bicyclic) bond motifs is 1. The summed E-state index contributed by atoms with van der Waals surface area (Å²) in [6.45, 7) is 0.667. The van der Waals surface area contributed by atoms with E-state index in [1.165, 1.54) is 0 Å². The highest BCUT2D eigenvalue weighted by Crippen LogP contribution is 2.20. The van der Waals surface area contributed by atoms with Gasteiger partial charge in [0.2, 0.25) is 0 Å². The van der Waals surface area contributed by atoms with Crippen LogP contribution in [0.25, 0.3) is 22.3 Å². The minimum absolute atomic E-state index is 0.667. The molecule has 18 heavy (non-hydrogen) atoms. The van der Waals surface area contributed by atoms with E-state index >= 15 is 0 Å². The van der Waals surface area contributed by atoms with Crippen LogP contribution in [0, 0.1) is 0 Å². The van der Waals surface area contributed by atoms with Crippen molar-refractivity contribution in [2.75, 3.05) is 7.05 Å². The lowest BCUT2D eigenvalue weighted by Crippen LogP contribution is -2.09. The first-order valence-electron chi connectivity index (χ1n) is 5.77. The molecule has 0 unspecified atom stereocenters. The van der Waals surface area contributed by atoms with Crippen molar-refractivity contribution in [2.24, 2.45) is 0 Å². The van der Waals surface area contributed by atoms with Gasteiger partial charge in [-0.1, -0.05) is 6.07 Å². The Balaban J connectivity index is 2.04. The van der Waals surface area contributed by atoms with E-state index in [9.17, 15) is 0 Å². The average molecular weight is 239 g/mol. The van der Waals surface area contributed by atoms with Crippen LogP contribution < -0.4 is 5.32 Å². The fourth-order valence-electron chi connectivity index (χ4n) is 1.90. The maximum absolute atomic E-state index is 4.52. The van der Waals surface area contributed by atoms with Crippen molar-refractivity contribution in [3.8, 4) is 11.3 Å². The van der Waals surface area contributed by atoms with Gasteiger partial charge in [-0.2, -0.15) is 0 Å². The Morgan fingerprint density at radius 2 is 2.17 bits per heavy atom. The van der Waals surface area contributed by atoms with Gasteiger partial charge in [0, 0.05) is 11.8 Å². The maximum atomic E-state index is 4.52. The van der Waals surface area contributed by atoms with Gasteiger partial charge in [0.1, 0.15) is 5.82 Å². The molecule has 0 aliphatic rings. The molecule has 90 valence electrons. The summed E-state index contributed by atoms with van der Waals surface area (Å²) in [4.78, 5) is 16.0. The second-order valence-electron chi connectivity index (χ2n) is 4.02. The van der Waals surface area contributed by atoms with E-state index in [2.05, 4.69) is 25.3 Å². The van der Waals surface area contributed by atoms with Crippen molar-refractivity contribution in [1.82, 2.24) is 25.3 Å². The van der Waals surface area contributed by atoms with Crippen LogP contribution in [0.15, 0.2) is 36.8 Å². The third kappa shape index (κ3) is 1.96. The molecule has 3 aromatic rings. The lowest BCUT2D eigenvalue weighted by Gasteiger charge is -2.03. The zero-order chi connectivity index (χ0) is 12.4. The summed E-state index contributed by atoms with van der Waals surface area (Å²) in [5, 5.41) is 3.05. The Morgan fingerprint density at radius 3 is 3.06 bits per heavy atom. The molecule has 2 N–H and O–H groups in total. The molecule has 3 rings (SSSR count). The summed E-state index contributed by atoms with van der Waals surface area (Å²) in [6.07, 6.45) is 3.48. The maximum Gasteiger partial charge on any atom is 0.142 e. The molecule has 5 heteroatoms. The summed E-state index contributed by atoms with van der Waals surface area (Å²) in [5.74, 6) is 0.791. The number of aromatic nitrogens is 4. The monoisotopic (exact) mass is 239 g/mol. The van der Waals surface area contributed by atoms with Crippen molar-refractivity contribution in [3.05, 3.63) is 42.6 Å². The molecule has 0 aliphatic carbocycles. The Bertz CT molecular complexity index is 674. The fraction of sp³-hybridized carbons (Fsp3) is 0.154. The molecular formula is C13H13N5. The molecule has 5 nitrogen and oxygen atoms in total. The van der Waals surface area contributed by atoms with Gasteiger partial charge in [0.05, 0.1) is 29.6 Å². The first-order chi connectivity index (χ1) is 8.86. The van der Waals surface area contributed by atoms with Crippen LogP contribution in [-0.2, 0) is 6.54 Å². The zero-order valence-corrected chi connectivity index (χ0v) is 10.0. The molecule has 0 aliphatic heterocycles. The molecule has 2 aromatic heterocycles. The van der Waals surface area contributed by atoms with Crippen LogP contribution in [0.5, 0.6) is 0 Å². The number of nitrogens with one attached hydrogen (secondary N) is 2. The van der Waals surface area contributed by atoms with Crippen LogP contribution in [0.2, 0.25) is 0 Å². The molecule has 0 amide bonds. The second-order valence-corrected chi connectivity index (χ2v) is 4.02. The fourth-order valence-corrected chi connectivity index (χ4v) is 1.90. The summed E-state index contributed by atoms with van der Waals surface area (Å²) >= 11 is 0. The minimum atomic E-state index is 0.667. The number of rotatable bonds is 3. The van der Waals surface area contributed by atoms with Crippen molar-refractivity contribution < 1.29 is 0 Å².